The van der Waals surface area contributed by atoms with Crippen LogP contribution in [0.15, 0.2) is 17.4 Å². The molecule has 0 spiro atoms. The smallest absolute Gasteiger partial charge is 0.187 e. The zero-order valence-electron chi connectivity index (χ0n) is 7.01. The second-order valence-electron chi connectivity index (χ2n) is 2.27. The SMILES string of the molecule is CSc1nccc(C(C=O)C=O)n1. The van der Waals surface area contributed by atoms with E-state index in [4.69, 9.17) is 0 Å². The van der Waals surface area contributed by atoms with Gasteiger partial charge in [0.05, 0.1) is 5.69 Å². The van der Waals surface area contributed by atoms with Crippen molar-refractivity contribution >= 4 is 24.3 Å². The minimum atomic E-state index is -0.770. The molecule has 5 heteroatoms. The molecule has 0 amide bonds. The molecule has 0 bridgehead atoms. The van der Waals surface area contributed by atoms with Crippen molar-refractivity contribution < 1.29 is 9.59 Å². The van der Waals surface area contributed by atoms with Gasteiger partial charge in [0.15, 0.2) is 5.16 Å². The molecular weight excluding hydrogens is 188 g/mol. The third kappa shape index (κ3) is 2.35. The number of rotatable bonds is 4. The van der Waals surface area contributed by atoms with Crippen LogP contribution >= 0.6 is 11.8 Å². The highest BCUT2D eigenvalue weighted by Crippen LogP contribution is 2.12. The van der Waals surface area contributed by atoms with Crippen molar-refractivity contribution in [3.8, 4) is 0 Å². The van der Waals surface area contributed by atoms with E-state index in [9.17, 15) is 9.59 Å². The summed E-state index contributed by atoms with van der Waals surface area (Å²) >= 11 is 1.37. The Morgan fingerprint density at radius 1 is 1.46 bits per heavy atom. The molecule has 0 aromatic carbocycles. The average molecular weight is 196 g/mol. The van der Waals surface area contributed by atoms with Crippen LogP contribution in [0.25, 0.3) is 0 Å². The maximum Gasteiger partial charge on any atom is 0.187 e. The van der Waals surface area contributed by atoms with Crippen LogP contribution in [0.3, 0.4) is 0 Å². The number of nitrogens with zero attached hydrogens (tertiary/aromatic N) is 2. The van der Waals surface area contributed by atoms with Crippen LogP contribution in [0.1, 0.15) is 11.6 Å². The van der Waals surface area contributed by atoms with Gasteiger partial charge in [-0.15, -0.1) is 0 Å². The van der Waals surface area contributed by atoms with Gasteiger partial charge in [0.25, 0.3) is 0 Å². The fraction of sp³-hybridized carbons (Fsp3) is 0.250. The Morgan fingerprint density at radius 2 is 2.15 bits per heavy atom. The maximum absolute atomic E-state index is 10.4. The van der Waals surface area contributed by atoms with Crippen molar-refractivity contribution in [1.82, 2.24) is 9.97 Å². The monoisotopic (exact) mass is 196 g/mol. The Kier molecular flexibility index (Phi) is 3.57. The lowest BCUT2D eigenvalue weighted by atomic mass is 10.1. The zero-order chi connectivity index (χ0) is 9.68. The molecular formula is C8H8N2O2S. The molecule has 1 rings (SSSR count). The van der Waals surface area contributed by atoms with Crippen LogP contribution in [0.4, 0.5) is 0 Å². The summed E-state index contributed by atoms with van der Waals surface area (Å²) in [4.78, 5) is 28.8. The Bertz CT molecular complexity index is 309. The molecule has 68 valence electrons. The van der Waals surface area contributed by atoms with E-state index in [1.165, 1.54) is 18.0 Å². The predicted octanol–water partition coefficient (Wildman–Crippen LogP) is 0.680. The molecule has 0 aliphatic rings. The van der Waals surface area contributed by atoms with E-state index in [-0.39, 0.29) is 0 Å². The predicted molar refractivity (Wildman–Crippen MR) is 48.7 cm³/mol. The summed E-state index contributed by atoms with van der Waals surface area (Å²) in [6.07, 6.45) is 4.50. The number of thioether (sulfide) groups is 1. The molecule has 1 heterocycles. The number of hydrogen-bond donors (Lipinski definition) is 0. The summed E-state index contributed by atoms with van der Waals surface area (Å²) in [5, 5.41) is 0.561. The lowest BCUT2D eigenvalue weighted by molar-refractivity contribution is -0.116. The van der Waals surface area contributed by atoms with Crippen molar-refractivity contribution in [3.05, 3.63) is 18.0 Å². The fourth-order valence-electron chi connectivity index (χ4n) is 0.809. The minimum absolute atomic E-state index is 0.448. The third-order valence-corrected chi connectivity index (χ3v) is 2.03. The molecule has 0 unspecified atom stereocenters. The molecule has 1 aromatic rings. The van der Waals surface area contributed by atoms with Crippen molar-refractivity contribution in [1.29, 1.82) is 0 Å². The molecule has 13 heavy (non-hydrogen) atoms. The maximum atomic E-state index is 10.4. The summed E-state index contributed by atoms with van der Waals surface area (Å²) in [5.74, 6) is -0.770. The quantitative estimate of drug-likeness (QED) is 0.307. The highest BCUT2D eigenvalue weighted by molar-refractivity contribution is 7.98. The average Bonchev–Trinajstić information content (AvgIpc) is 2.20. The van der Waals surface area contributed by atoms with Gasteiger partial charge < -0.3 is 9.59 Å². The van der Waals surface area contributed by atoms with Crippen molar-refractivity contribution in [2.24, 2.45) is 0 Å². The lowest BCUT2D eigenvalue weighted by Crippen LogP contribution is -2.05. The molecule has 0 aliphatic carbocycles. The minimum Gasteiger partial charge on any atom is -0.302 e. The molecule has 0 saturated carbocycles. The van der Waals surface area contributed by atoms with Gasteiger partial charge in [-0.1, -0.05) is 11.8 Å². The summed E-state index contributed by atoms with van der Waals surface area (Å²) in [5.41, 5.74) is 0.448. The third-order valence-electron chi connectivity index (χ3n) is 1.47. The van der Waals surface area contributed by atoms with Gasteiger partial charge in [0.1, 0.15) is 18.5 Å². The van der Waals surface area contributed by atoms with E-state index in [1.54, 1.807) is 6.07 Å². The Labute approximate surface area is 79.8 Å². The first-order valence-electron chi connectivity index (χ1n) is 3.59. The second kappa shape index (κ2) is 4.71. The van der Waals surface area contributed by atoms with Crippen molar-refractivity contribution in [2.45, 2.75) is 11.1 Å². The first kappa shape index (κ1) is 9.85. The molecule has 4 nitrogen and oxygen atoms in total. The molecule has 0 N–H and O–H groups in total. The van der Waals surface area contributed by atoms with Gasteiger partial charge in [-0.25, -0.2) is 9.97 Å². The van der Waals surface area contributed by atoms with Crippen molar-refractivity contribution in [2.75, 3.05) is 6.26 Å². The fourth-order valence-corrected chi connectivity index (χ4v) is 1.17. The van der Waals surface area contributed by atoms with Gasteiger partial charge in [0, 0.05) is 6.20 Å². The molecule has 0 atom stereocenters. The van der Waals surface area contributed by atoms with E-state index in [1.807, 2.05) is 6.26 Å². The summed E-state index contributed by atoms with van der Waals surface area (Å²) in [6, 6.07) is 1.56. The van der Waals surface area contributed by atoms with Gasteiger partial charge in [-0.2, -0.15) is 0 Å². The van der Waals surface area contributed by atoms with Crippen LogP contribution < -0.4 is 0 Å². The number of aromatic nitrogens is 2. The zero-order valence-corrected chi connectivity index (χ0v) is 7.82. The van der Waals surface area contributed by atoms with Gasteiger partial charge in [-0.05, 0) is 12.3 Å². The normalized spacial score (nSPS) is 10.0. The van der Waals surface area contributed by atoms with Crippen molar-refractivity contribution in [3.63, 3.8) is 0 Å². The number of carbonyl (C=O) groups excluding carboxylic acids is 2. The van der Waals surface area contributed by atoms with Crippen LogP contribution in [0.2, 0.25) is 0 Å². The highest BCUT2D eigenvalue weighted by atomic mass is 32.2. The summed E-state index contributed by atoms with van der Waals surface area (Å²) in [7, 11) is 0. The van der Waals surface area contributed by atoms with Gasteiger partial charge in [0.2, 0.25) is 0 Å². The summed E-state index contributed by atoms with van der Waals surface area (Å²) < 4.78 is 0. The molecule has 1 aromatic heterocycles. The largest absolute Gasteiger partial charge is 0.302 e. The van der Waals surface area contributed by atoms with E-state index < -0.39 is 5.92 Å². The first-order valence-corrected chi connectivity index (χ1v) is 4.81. The van der Waals surface area contributed by atoms with E-state index in [2.05, 4.69) is 9.97 Å². The topological polar surface area (TPSA) is 59.9 Å². The first-order chi connectivity index (χ1) is 6.31. The van der Waals surface area contributed by atoms with Crippen LogP contribution in [-0.4, -0.2) is 28.8 Å². The summed E-state index contributed by atoms with van der Waals surface area (Å²) in [6.45, 7) is 0. The second-order valence-corrected chi connectivity index (χ2v) is 3.04. The number of hydrogen-bond acceptors (Lipinski definition) is 5. The Balaban J connectivity index is 2.99. The van der Waals surface area contributed by atoms with Crippen LogP contribution in [-0.2, 0) is 9.59 Å². The molecule has 0 aliphatic heterocycles. The molecule has 0 fully saturated rings. The van der Waals surface area contributed by atoms with E-state index in [0.717, 1.165) is 0 Å². The van der Waals surface area contributed by atoms with Crippen LogP contribution in [0, 0.1) is 0 Å². The van der Waals surface area contributed by atoms with E-state index in [0.29, 0.717) is 23.4 Å². The van der Waals surface area contributed by atoms with Gasteiger partial charge >= 0.3 is 0 Å². The highest BCUT2D eigenvalue weighted by Gasteiger charge is 2.10. The Hall–Kier alpha value is -1.23. The lowest BCUT2D eigenvalue weighted by Gasteiger charge is -2.01. The number of carbonyl (C=O) groups is 2. The number of aldehydes is 2. The Morgan fingerprint density at radius 3 is 2.69 bits per heavy atom. The molecule has 0 radical (unpaired) electrons. The van der Waals surface area contributed by atoms with E-state index >= 15 is 0 Å². The van der Waals surface area contributed by atoms with Gasteiger partial charge in [-0.3, -0.25) is 0 Å². The van der Waals surface area contributed by atoms with Crippen LogP contribution in [0.5, 0.6) is 0 Å². The standard InChI is InChI=1S/C8H8N2O2S/c1-13-8-9-3-2-7(10-8)6(4-11)5-12/h2-6H,1H3. The molecule has 0 saturated heterocycles.